The average Bonchev–Trinajstić information content (AvgIpc) is 2.90. The molecule has 0 unspecified atom stereocenters. The van der Waals surface area contributed by atoms with Gasteiger partial charge in [0, 0.05) is 30.2 Å². The van der Waals surface area contributed by atoms with Gasteiger partial charge < -0.3 is 15.5 Å². The van der Waals surface area contributed by atoms with E-state index in [0.717, 1.165) is 23.9 Å². The minimum atomic E-state index is -4.66. The molecule has 0 atom stereocenters. The third-order valence-corrected chi connectivity index (χ3v) is 6.14. The molecule has 0 bridgehead atoms. The quantitative estimate of drug-likeness (QED) is 0.187. The van der Waals surface area contributed by atoms with Gasteiger partial charge in [0.1, 0.15) is 0 Å². The van der Waals surface area contributed by atoms with Crippen LogP contribution >= 0.6 is 23.2 Å². The molecule has 212 valence electrons. The number of carbonyl (C=O) groups excluding carboxylic acids is 2. The lowest BCUT2D eigenvalue weighted by Crippen LogP contribution is -2.29. The highest BCUT2D eigenvalue weighted by Crippen LogP contribution is 2.34. The molecule has 0 radical (unpaired) electrons. The SMILES string of the molecule is O=C(Nc1ccc(Cl)cc1C(=O)N/N=C\c1ccc(Cl)c(C(F)(F)F)c1)c1cccc(CN(CCO)CCO)c1. The third-order valence-electron chi connectivity index (χ3n) is 5.58. The first kappa shape index (κ1) is 31.1. The lowest BCUT2D eigenvalue weighted by molar-refractivity contribution is -0.137. The van der Waals surface area contributed by atoms with E-state index >= 15 is 0 Å². The van der Waals surface area contributed by atoms with Crippen molar-refractivity contribution in [2.75, 3.05) is 31.6 Å². The number of hydrogen-bond donors (Lipinski definition) is 4. The van der Waals surface area contributed by atoms with Crippen LogP contribution in [-0.2, 0) is 12.7 Å². The number of aliphatic hydroxyl groups excluding tert-OH is 2. The maximum Gasteiger partial charge on any atom is 0.417 e. The summed E-state index contributed by atoms with van der Waals surface area (Å²) in [7, 11) is 0. The molecule has 3 aromatic rings. The van der Waals surface area contributed by atoms with Gasteiger partial charge in [-0.25, -0.2) is 5.43 Å². The van der Waals surface area contributed by atoms with E-state index in [1.807, 2.05) is 4.90 Å². The molecule has 40 heavy (non-hydrogen) atoms. The van der Waals surface area contributed by atoms with Gasteiger partial charge in [-0.05, 0) is 53.6 Å². The van der Waals surface area contributed by atoms with E-state index in [9.17, 15) is 33.0 Å². The molecule has 0 aliphatic rings. The molecule has 0 aliphatic heterocycles. The van der Waals surface area contributed by atoms with Gasteiger partial charge in [0.05, 0.1) is 41.3 Å². The van der Waals surface area contributed by atoms with E-state index in [1.165, 1.54) is 24.3 Å². The fourth-order valence-corrected chi connectivity index (χ4v) is 4.09. The highest BCUT2D eigenvalue weighted by atomic mass is 35.5. The summed E-state index contributed by atoms with van der Waals surface area (Å²) in [6.07, 6.45) is -3.63. The lowest BCUT2D eigenvalue weighted by Gasteiger charge is -2.20. The molecule has 0 fully saturated rings. The van der Waals surface area contributed by atoms with Crippen molar-refractivity contribution in [1.29, 1.82) is 0 Å². The lowest BCUT2D eigenvalue weighted by atomic mass is 10.1. The smallest absolute Gasteiger partial charge is 0.395 e. The number of alkyl halides is 3. The zero-order valence-corrected chi connectivity index (χ0v) is 22.4. The molecule has 0 saturated heterocycles. The van der Waals surface area contributed by atoms with Gasteiger partial charge in [-0.3, -0.25) is 14.5 Å². The van der Waals surface area contributed by atoms with E-state index in [4.69, 9.17) is 23.2 Å². The Bertz CT molecular complexity index is 1380. The monoisotopic (exact) mass is 596 g/mol. The number of benzene rings is 3. The van der Waals surface area contributed by atoms with Crippen LogP contribution in [0.2, 0.25) is 10.0 Å². The second-order valence-corrected chi connectivity index (χ2v) is 9.35. The molecule has 0 saturated carbocycles. The van der Waals surface area contributed by atoms with Crippen molar-refractivity contribution in [3.63, 3.8) is 0 Å². The predicted octanol–water partition coefficient (Wildman–Crippen LogP) is 4.82. The summed E-state index contributed by atoms with van der Waals surface area (Å²) in [6.45, 7) is 0.932. The van der Waals surface area contributed by atoms with Crippen LogP contribution in [0.25, 0.3) is 0 Å². The zero-order valence-electron chi connectivity index (χ0n) is 20.9. The van der Waals surface area contributed by atoms with E-state index in [1.54, 1.807) is 24.3 Å². The van der Waals surface area contributed by atoms with Crippen molar-refractivity contribution < 1.29 is 33.0 Å². The standard InChI is InChI=1S/C27H25Cl2F3N4O4/c28-20-5-7-24(34-25(39)19-3-1-2-18(12-19)16-36(8-10-37)9-11-38)21(14-20)26(40)35-33-15-17-4-6-23(29)22(13-17)27(30,31)32/h1-7,12-15,37-38H,8-11,16H2,(H,34,39)(H,35,40)/b33-15-. The molecule has 0 aromatic heterocycles. The highest BCUT2D eigenvalue weighted by Gasteiger charge is 2.33. The van der Waals surface area contributed by atoms with E-state index in [-0.39, 0.29) is 35.1 Å². The Morgan fingerprint density at radius 2 is 1.68 bits per heavy atom. The van der Waals surface area contributed by atoms with Crippen LogP contribution < -0.4 is 10.7 Å². The topological polar surface area (TPSA) is 114 Å². The van der Waals surface area contributed by atoms with Crippen LogP contribution in [0.1, 0.15) is 37.4 Å². The number of hydrazone groups is 1. The van der Waals surface area contributed by atoms with Gasteiger partial charge >= 0.3 is 6.18 Å². The van der Waals surface area contributed by atoms with Gasteiger partial charge in [0.15, 0.2) is 0 Å². The van der Waals surface area contributed by atoms with Crippen molar-refractivity contribution in [2.24, 2.45) is 5.10 Å². The van der Waals surface area contributed by atoms with Crippen molar-refractivity contribution >= 4 is 46.9 Å². The Labute approximate surface area is 238 Å². The number of nitrogens with one attached hydrogen (secondary N) is 2. The maximum atomic E-state index is 13.1. The predicted molar refractivity (Wildman–Crippen MR) is 147 cm³/mol. The van der Waals surface area contributed by atoms with Crippen LogP contribution in [0, 0.1) is 0 Å². The molecule has 0 spiro atoms. The molecular formula is C27H25Cl2F3N4O4. The number of carbonyl (C=O) groups is 2. The van der Waals surface area contributed by atoms with E-state index in [0.29, 0.717) is 25.2 Å². The minimum absolute atomic E-state index is 0.0293. The number of hydrogen-bond acceptors (Lipinski definition) is 6. The first-order valence-corrected chi connectivity index (χ1v) is 12.6. The Hall–Kier alpha value is -3.48. The number of anilines is 1. The number of nitrogens with zero attached hydrogens (tertiary/aromatic N) is 2. The Kier molecular flexibility index (Phi) is 11.1. The summed E-state index contributed by atoms with van der Waals surface area (Å²) < 4.78 is 39.3. The largest absolute Gasteiger partial charge is 0.417 e. The summed E-state index contributed by atoms with van der Waals surface area (Å²) in [5.74, 6) is -1.28. The summed E-state index contributed by atoms with van der Waals surface area (Å²) in [5.41, 5.74) is 2.39. The second-order valence-electron chi connectivity index (χ2n) is 8.50. The number of aliphatic hydroxyl groups is 2. The minimum Gasteiger partial charge on any atom is -0.395 e. The Morgan fingerprint density at radius 1 is 0.950 bits per heavy atom. The van der Waals surface area contributed by atoms with E-state index in [2.05, 4.69) is 15.8 Å². The third kappa shape index (κ3) is 8.77. The fourth-order valence-electron chi connectivity index (χ4n) is 3.70. The van der Waals surface area contributed by atoms with Crippen molar-refractivity contribution in [3.8, 4) is 0 Å². The van der Waals surface area contributed by atoms with Gasteiger partial charge in [0.2, 0.25) is 0 Å². The van der Waals surface area contributed by atoms with Crippen LogP contribution in [0.5, 0.6) is 0 Å². The van der Waals surface area contributed by atoms with Gasteiger partial charge in [0.25, 0.3) is 11.8 Å². The van der Waals surface area contributed by atoms with Gasteiger partial charge in [-0.1, -0.05) is 41.4 Å². The molecule has 2 amide bonds. The number of rotatable bonds is 11. The zero-order chi connectivity index (χ0) is 29.3. The van der Waals surface area contributed by atoms with Crippen molar-refractivity contribution in [2.45, 2.75) is 12.7 Å². The first-order valence-electron chi connectivity index (χ1n) is 11.9. The molecule has 0 aliphatic carbocycles. The van der Waals surface area contributed by atoms with Crippen molar-refractivity contribution in [3.05, 3.63) is 98.5 Å². The molecule has 8 nitrogen and oxygen atoms in total. The summed E-state index contributed by atoms with van der Waals surface area (Å²) in [5, 5.41) is 24.5. The summed E-state index contributed by atoms with van der Waals surface area (Å²) in [6, 6.07) is 14.1. The Balaban J connectivity index is 1.74. The summed E-state index contributed by atoms with van der Waals surface area (Å²) in [4.78, 5) is 27.7. The molecule has 0 heterocycles. The van der Waals surface area contributed by atoms with Crippen LogP contribution in [0.4, 0.5) is 18.9 Å². The first-order chi connectivity index (χ1) is 19.0. The normalized spacial score (nSPS) is 11.7. The maximum absolute atomic E-state index is 13.1. The molecular weight excluding hydrogens is 572 g/mol. The molecule has 3 rings (SSSR count). The number of halogens is 5. The van der Waals surface area contributed by atoms with Crippen LogP contribution in [0.15, 0.2) is 65.8 Å². The average molecular weight is 597 g/mol. The summed E-state index contributed by atoms with van der Waals surface area (Å²) >= 11 is 11.7. The second kappa shape index (κ2) is 14.2. The van der Waals surface area contributed by atoms with Gasteiger partial charge in [-0.15, -0.1) is 0 Å². The van der Waals surface area contributed by atoms with Crippen molar-refractivity contribution in [1.82, 2.24) is 10.3 Å². The van der Waals surface area contributed by atoms with Crippen LogP contribution in [-0.4, -0.2) is 59.4 Å². The van der Waals surface area contributed by atoms with Gasteiger partial charge in [-0.2, -0.15) is 18.3 Å². The highest BCUT2D eigenvalue weighted by molar-refractivity contribution is 6.31. The fraction of sp³-hybridized carbons (Fsp3) is 0.222. The van der Waals surface area contributed by atoms with E-state index < -0.39 is 28.6 Å². The molecule has 13 heteroatoms. The number of amides is 2. The molecule has 4 N–H and O–H groups in total. The molecule has 3 aromatic carbocycles. The Morgan fingerprint density at radius 3 is 2.35 bits per heavy atom. The van der Waals surface area contributed by atoms with Crippen LogP contribution in [0.3, 0.4) is 0 Å².